The maximum absolute atomic E-state index is 9.28. The number of aliphatic hydroxyl groups is 1. The second-order valence-electron chi connectivity index (χ2n) is 5.99. The van der Waals surface area contributed by atoms with Crippen LogP contribution in [0.25, 0.3) is 0 Å². The van der Waals surface area contributed by atoms with Crippen LogP contribution in [-0.2, 0) is 4.74 Å². The molecular weight excluding hydrogens is 228 g/mol. The van der Waals surface area contributed by atoms with Gasteiger partial charge in [0.1, 0.15) is 0 Å². The molecule has 0 spiro atoms. The SMILES string of the molecule is NCC1(CN(CCO)C2CCCC2)CCCOC1. The summed E-state index contributed by atoms with van der Waals surface area (Å²) < 4.78 is 5.65. The average Bonchev–Trinajstić information content (AvgIpc) is 2.93. The first-order chi connectivity index (χ1) is 8.79. The summed E-state index contributed by atoms with van der Waals surface area (Å²) in [5, 5.41) is 9.28. The molecule has 1 heterocycles. The lowest BCUT2D eigenvalue weighted by atomic mass is 9.81. The highest BCUT2D eigenvalue weighted by Gasteiger charge is 2.35. The molecule has 4 nitrogen and oxygen atoms in total. The number of nitrogens with zero attached hydrogens (tertiary/aromatic N) is 1. The molecule has 1 unspecified atom stereocenters. The highest BCUT2D eigenvalue weighted by molar-refractivity contribution is 4.89. The third kappa shape index (κ3) is 3.44. The summed E-state index contributed by atoms with van der Waals surface area (Å²) in [6.07, 6.45) is 7.51. The smallest absolute Gasteiger partial charge is 0.0558 e. The third-order valence-corrected chi connectivity index (χ3v) is 4.60. The molecule has 3 N–H and O–H groups in total. The van der Waals surface area contributed by atoms with E-state index in [0.717, 1.165) is 39.1 Å². The lowest BCUT2D eigenvalue weighted by Crippen LogP contribution is -2.50. The number of nitrogens with two attached hydrogens (primary N) is 1. The number of hydrogen-bond acceptors (Lipinski definition) is 4. The van der Waals surface area contributed by atoms with E-state index in [1.54, 1.807) is 0 Å². The van der Waals surface area contributed by atoms with Crippen molar-refractivity contribution in [3.8, 4) is 0 Å². The van der Waals surface area contributed by atoms with Gasteiger partial charge in [0.05, 0.1) is 13.2 Å². The summed E-state index contributed by atoms with van der Waals surface area (Å²) >= 11 is 0. The molecule has 1 atom stereocenters. The Hall–Kier alpha value is -0.160. The lowest BCUT2D eigenvalue weighted by Gasteiger charge is -2.42. The minimum absolute atomic E-state index is 0.121. The molecule has 2 fully saturated rings. The minimum Gasteiger partial charge on any atom is -0.395 e. The highest BCUT2D eigenvalue weighted by Crippen LogP contribution is 2.32. The van der Waals surface area contributed by atoms with Crippen LogP contribution in [0.1, 0.15) is 38.5 Å². The van der Waals surface area contributed by atoms with Gasteiger partial charge >= 0.3 is 0 Å². The Balaban J connectivity index is 1.96. The Morgan fingerprint density at radius 2 is 2.06 bits per heavy atom. The van der Waals surface area contributed by atoms with Gasteiger partial charge in [-0.2, -0.15) is 0 Å². The molecule has 0 aromatic carbocycles. The highest BCUT2D eigenvalue weighted by atomic mass is 16.5. The molecule has 2 aliphatic rings. The summed E-state index contributed by atoms with van der Waals surface area (Å²) in [5.41, 5.74) is 6.13. The third-order valence-electron chi connectivity index (χ3n) is 4.60. The summed E-state index contributed by atoms with van der Waals surface area (Å²) in [6.45, 7) is 4.39. The predicted octanol–water partition coefficient (Wildman–Crippen LogP) is 0.979. The number of rotatable bonds is 6. The van der Waals surface area contributed by atoms with Gasteiger partial charge in [-0.15, -0.1) is 0 Å². The fourth-order valence-electron chi connectivity index (χ4n) is 3.48. The van der Waals surface area contributed by atoms with E-state index in [1.807, 2.05) is 0 Å². The molecule has 18 heavy (non-hydrogen) atoms. The van der Waals surface area contributed by atoms with E-state index in [0.29, 0.717) is 12.6 Å². The monoisotopic (exact) mass is 256 g/mol. The van der Waals surface area contributed by atoms with E-state index >= 15 is 0 Å². The van der Waals surface area contributed by atoms with Gasteiger partial charge in [-0.3, -0.25) is 4.90 Å². The number of ether oxygens (including phenoxy) is 1. The van der Waals surface area contributed by atoms with Crippen molar-refractivity contribution in [1.29, 1.82) is 0 Å². The van der Waals surface area contributed by atoms with Crippen LogP contribution >= 0.6 is 0 Å². The molecule has 0 aromatic rings. The topological polar surface area (TPSA) is 58.7 Å². The zero-order valence-electron chi connectivity index (χ0n) is 11.4. The van der Waals surface area contributed by atoms with Gasteiger partial charge in [0.2, 0.25) is 0 Å². The first-order valence-corrected chi connectivity index (χ1v) is 7.42. The first-order valence-electron chi connectivity index (χ1n) is 7.42. The normalized spacial score (nSPS) is 30.2. The Bertz CT molecular complexity index is 236. The maximum Gasteiger partial charge on any atom is 0.0558 e. The van der Waals surface area contributed by atoms with Crippen LogP contribution < -0.4 is 5.73 Å². The summed E-state index contributed by atoms with van der Waals surface area (Å²) in [6, 6.07) is 0.655. The Morgan fingerprint density at radius 1 is 1.28 bits per heavy atom. The molecule has 1 saturated heterocycles. The van der Waals surface area contributed by atoms with Gasteiger partial charge in [-0.1, -0.05) is 12.8 Å². The van der Waals surface area contributed by atoms with Crippen LogP contribution in [0.2, 0.25) is 0 Å². The van der Waals surface area contributed by atoms with Crippen LogP contribution in [-0.4, -0.2) is 55.5 Å². The van der Waals surface area contributed by atoms with Crippen molar-refractivity contribution in [3.63, 3.8) is 0 Å². The molecule has 106 valence electrons. The van der Waals surface area contributed by atoms with Crippen LogP contribution in [0.3, 0.4) is 0 Å². The van der Waals surface area contributed by atoms with E-state index < -0.39 is 0 Å². The Kier molecular flexibility index (Phi) is 5.42. The summed E-state index contributed by atoms with van der Waals surface area (Å²) in [5.74, 6) is 0. The lowest BCUT2D eigenvalue weighted by molar-refractivity contribution is -0.0308. The molecule has 1 saturated carbocycles. The molecule has 0 bridgehead atoms. The second-order valence-corrected chi connectivity index (χ2v) is 5.99. The summed E-state index contributed by atoms with van der Waals surface area (Å²) in [7, 11) is 0. The van der Waals surface area contributed by atoms with Crippen LogP contribution in [0, 0.1) is 5.41 Å². The van der Waals surface area contributed by atoms with E-state index in [4.69, 9.17) is 10.5 Å². The van der Waals surface area contributed by atoms with E-state index in [9.17, 15) is 5.11 Å². The molecule has 0 radical (unpaired) electrons. The Labute approximate surface area is 110 Å². The van der Waals surface area contributed by atoms with Gasteiger partial charge in [0, 0.05) is 37.7 Å². The maximum atomic E-state index is 9.28. The average molecular weight is 256 g/mol. The molecular formula is C14H28N2O2. The van der Waals surface area contributed by atoms with Gasteiger partial charge in [-0.05, 0) is 25.7 Å². The van der Waals surface area contributed by atoms with E-state index in [-0.39, 0.29) is 12.0 Å². The molecule has 2 rings (SSSR count). The van der Waals surface area contributed by atoms with Gasteiger partial charge in [0.25, 0.3) is 0 Å². The van der Waals surface area contributed by atoms with Crippen molar-refractivity contribution < 1.29 is 9.84 Å². The van der Waals surface area contributed by atoms with Gasteiger partial charge in [-0.25, -0.2) is 0 Å². The fourth-order valence-corrected chi connectivity index (χ4v) is 3.48. The quantitative estimate of drug-likeness (QED) is 0.744. The molecule has 0 aromatic heterocycles. The fraction of sp³-hybridized carbons (Fsp3) is 1.00. The minimum atomic E-state index is 0.121. The van der Waals surface area contributed by atoms with Crippen LogP contribution in [0.5, 0.6) is 0 Å². The van der Waals surface area contributed by atoms with Crippen molar-refractivity contribution in [2.24, 2.45) is 11.1 Å². The van der Waals surface area contributed by atoms with Crippen molar-refractivity contribution in [3.05, 3.63) is 0 Å². The van der Waals surface area contributed by atoms with Crippen LogP contribution in [0.15, 0.2) is 0 Å². The predicted molar refractivity (Wildman–Crippen MR) is 72.5 cm³/mol. The Morgan fingerprint density at radius 3 is 2.61 bits per heavy atom. The van der Waals surface area contributed by atoms with Crippen molar-refractivity contribution in [2.45, 2.75) is 44.6 Å². The van der Waals surface area contributed by atoms with Crippen LogP contribution in [0.4, 0.5) is 0 Å². The largest absolute Gasteiger partial charge is 0.395 e. The molecule has 1 aliphatic heterocycles. The van der Waals surface area contributed by atoms with E-state index in [2.05, 4.69) is 4.90 Å². The van der Waals surface area contributed by atoms with Crippen molar-refractivity contribution in [2.75, 3.05) is 39.5 Å². The molecule has 1 aliphatic carbocycles. The van der Waals surface area contributed by atoms with Gasteiger partial charge < -0.3 is 15.6 Å². The first kappa shape index (κ1) is 14.3. The van der Waals surface area contributed by atoms with Crippen molar-refractivity contribution in [1.82, 2.24) is 4.90 Å². The standard InChI is InChI=1S/C14H28N2O2/c15-10-14(6-3-9-18-12-14)11-16(7-8-17)13-4-1-2-5-13/h13,17H,1-12,15H2. The molecule has 4 heteroatoms. The molecule has 0 amide bonds. The zero-order valence-corrected chi connectivity index (χ0v) is 11.4. The number of hydrogen-bond donors (Lipinski definition) is 2. The van der Waals surface area contributed by atoms with Gasteiger partial charge in [0.15, 0.2) is 0 Å². The summed E-state index contributed by atoms with van der Waals surface area (Å²) in [4.78, 5) is 2.47. The van der Waals surface area contributed by atoms with E-state index in [1.165, 1.54) is 25.7 Å². The zero-order chi connectivity index (χ0) is 12.8. The van der Waals surface area contributed by atoms with Crippen molar-refractivity contribution >= 4 is 0 Å². The number of aliphatic hydroxyl groups excluding tert-OH is 1. The second kappa shape index (κ2) is 6.85.